The first kappa shape index (κ1) is 9.05. The van der Waals surface area contributed by atoms with Gasteiger partial charge in [0.15, 0.2) is 0 Å². The minimum atomic E-state index is 1.34. The Labute approximate surface area is 94.7 Å². The van der Waals surface area contributed by atoms with Crippen LogP contribution >= 0.6 is 11.3 Å². The molecule has 3 aromatic rings. The molecule has 0 fully saturated rings. The minimum absolute atomic E-state index is 1.34. The molecule has 0 bridgehead atoms. The standard InChI is InChI=1S/C12H10B2S/c13-7-1-3-11-9(5-7)10-6-8(14)2-4-12(10)15-11/h1-6H,13-14H2. The first-order valence-corrected chi connectivity index (χ1v) is 5.95. The van der Waals surface area contributed by atoms with Crippen molar-refractivity contribution in [3.63, 3.8) is 0 Å². The molecule has 15 heavy (non-hydrogen) atoms. The van der Waals surface area contributed by atoms with Crippen LogP contribution in [0.25, 0.3) is 20.2 Å². The maximum atomic E-state index is 2.29. The van der Waals surface area contributed by atoms with E-state index >= 15 is 0 Å². The van der Waals surface area contributed by atoms with Gasteiger partial charge in [0.2, 0.25) is 0 Å². The van der Waals surface area contributed by atoms with Crippen molar-refractivity contribution in [2.75, 3.05) is 0 Å². The summed E-state index contributed by atoms with van der Waals surface area (Å²) in [5.41, 5.74) is 2.67. The van der Waals surface area contributed by atoms with E-state index in [4.69, 9.17) is 0 Å². The quantitative estimate of drug-likeness (QED) is 0.473. The van der Waals surface area contributed by atoms with Crippen molar-refractivity contribution < 1.29 is 0 Å². The van der Waals surface area contributed by atoms with E-state index < -0.39 is 0 Å². The summed E-state index contributed by atoms with van der Waals surface area (Å²) >= 11 is 1.88. The molecule has 0 saturated heterocycles. The lowest BCUT2D eigenvalue weighted by Crippen LogP contribution is -2.00. The van der Waals surface area contributed by atoms with Crippen LogP contribution in [0.3, 0.4) is 0 Å². The zero-order chi connectivity index (χ0) is 10.4. The van der Waals surface area contributed by atoms with E-state index in [9.17, 15) is 0 Å². The van der Waals surface area contributed by atoms with Crippen molar-refractivity contribution in [1.29, 1.82) is 0 Å². The van der Waals surface area contributed by atoms with E-state index in [0.29, 0.717) is 0 Å². The van der Waals surface area contributed by atoms with Crippen LogP contribution < -0.4 is 10.9 Å². The molecule has 3 heteroatoms. The van der Waals surface area contributed by atoms with E-state index in [1.165, 1.54) is 31.1 Å². The number of rotatable bonds is 0. The summed E-state index contributed by atoms with van der Waals surface area (Å²) in [6.07, 6.45) is 0. The average Bonchev–Trinajstić information content (AvgIpc) is 2.56. The van der Waals surface area contributed by atoms with Crippen LogP contribution in [-0.2, 0) is 0 Å². The van der Waals surface area contributed by atoms with Gasteiger partial charge in [0, 0.05) is 9.40 Å². The molecule has 0 radical (unpaired) electrons. The molecule has 0 aliphatic rings. The van der Waals surface area contributed by atoms with Crippen LogP contribution in [0.2, 0.25) is 0 Å². The number of fused-ring (bicyclic) bond motifs is 3. The predicted octanol–water partition coefficient (Wildman–Crippen LogP) is 0.571. The Morgan fingerprint density at radius 2 is 1.20 bits per heavy atom. The van der Waals surface area contributed by atoms with Gasteiger partial charge < -0.3 is 0 Å². The molecule has 3 rings (SSSR count). The molecule has 0 aliphatic heterocycles. The summed E-state index contributed by atoms with van der Waals surface area (Å²) < 4.78 is 2.78. The molecule has 2 aromatic carbocycles. The number of thiophene rings is 1. The summed E-state index contributed by atoms with van der Waals surface area (Å²) in [7, 11) is 4.30. The Hall–Kier alpha value is -1.21. The van der Waals surface area contributed by atoms with E-state index in [2.05, 4.69) is 52.1 Å². The Bertz CT molecular complexity index is 599. The molecule has 0 saturated carbocycles. The zero-order valence-corrected chi connectivity index (χ0v) is 9.69. The molecule has 0 aliphatic carbocycles. The maximum Gasteiger partial charge on any atom is 0.139 e. The Morgan fingerprint density at radius 1 is 0.733 bits per heavy atom. The van der Waals surface area contributed by atoms with Crippen molar-refractivity contribution in [2.45, 2.75) is 0 Å². The van der Waals surface area contributed by atoms with Crippen LogP contribution in [0.1, 0.15) is 0 Å². The molecular weight excluding hydrogens is 198 g/mol. The summed E-state index contributed by atoms with van der Waals surface area (Å²) in [4.78, 5) is 0. The summed E-state index contributed by atoms with van der Waals surface area (Å²) in [6, 6.07) is 13.4. The van der Waals surface area contributed by atoms with Gasteiger partial charge in [-0.3, -0.25) is 0 Å². The monoisotopic (exact) mass is 208 g/mol. The van der Waals surface area contributed by atoms with Gasteiger partial charge in [0.05, 0.1) is 0 Å². The minimum Gasteiger partial charge on any atom is -0.135 e. The van der Waals surface area contributed by atoms with Gasteiger partial charge in [-0.05, 0) is 22.9 Å². The van der Waals surface area contributed by atoms with Crippen molar-refractivity contribution in [3.05, 3.63) is 36.4 Å². The van der Waals surface area contributed by atoms with E-state index in [1.54, 1.807) is 0 Å². The fourth-order valence-electron chi connectivity index (χ4n) is 2.01. The van der Waals surface area contributed by atoms with Crippen LogP contribution in [-0.4, -0.2) is 15.7 Å². The maximum absolute atomic E-state index is 2.29. The molecule has 0 atom stereocenters. The fourth-order valence-corrected chi connectivity index (χ4v) is 3.07. The number of hydrogen-bond donors (Lipinski definition) is 0. The third kappa shape index (κ3) is 1.38. The van der Waals surface area contributed by atoms with Gasteiger partial charge in [-0.25, -0.2) is 0 Å². The number of benzene rings is 2. The summed E-state index contributed by atoms with van der Waals surface area (Å²) in [5.74, 6) is 0. The molecule has 0 unspecified atom stereocenters. The van der Waals surface area contributed by atoms with Crippen LogP contribution in [0.5, 0.6) is 0 Å². The second-order valence-electron chi connectivity index (χ2n) is 4.10. The zero-order valence-electron chi connectivity index (χ0n) is 8.87. The predicted molar refractivity (Wildman–Crippen MR) is 75.7 cm³/mol. The molecule has 0 N–H and O–H groups in total. The molecular formula is C12H10B2S. The lowest BCUT2D eigenvalue weighted by atomic mass is 9.92. The Morgan fingerprint density at radius 3 is 1.67 bits per heavy atom. The highest BCUT2D eigenvalue weighted by atomic mass is 32.1. The van der Waals surface area contributed by atoms with Crippen molar-refractivity contribution in [2.24, 2.45) is 0 Å². The van der Waals surface area contributed by atoms with Crippen LogP contribution in [0.4, 0.5) is 0 Å². The fraction of sp³-hybridized carbons (Fsp3) is 0. The highest BCUT2D eigenvalue weighted by Gasteiger charge is 2.04. The number of hydrogen-bond acceptors (Lipinski definition) is 1. The molecule has 0 nitrogen and oxygen atoms in total. The van der Waals surface area contributed by atoms with Gasteiger partial charge in [-0.1, -0.05) is 35.2 Å². The molecule has 1 heterocycles. The molecule has 0 spiro atoms. The van der Waals surface area contributed by atoms with Gasteiger partial charge in [0.1, 0.15) is 15.7 Å². The van der Waals surface area contributed by atoms with Crippen LogP contribution in [0, 0.1) is 0 Å². The van der Waals surface area contributed by atoms with Crippen molar-refractivity contribution in [3.8, 4) is 0 Å². The Balaban J connectivity index is 2.55. The van der Waals surface area contributed by atoms with Gasteiger partial charge in [-0.2, -0.15) is 0 Å². The van der Waals surface area contributed by atoms with Crippen molar-refractivity contribution >= 4 is 58.1 Å². The van der Waals surface area contributed by atoms with Gasteiger partial charge in [-0.15, -0.1) is 11.3 Å². The van der Waals surface area contributed by atoms with Crippen LogP contribution in [0.15, 0.2) is 36.4 Å². The van der Waals surface area contributed by atoms with Gasteiger partial charge in [0.25, 0.3) is 0 Å². The first-order chi connectivity index (χ1) is 7.24. The molecule has 70 valence electrons. The first-order valence-electron chi connectivity index (χ1n) is 5.13. The highest BCUT2D eigenvalue weighted by Crippen LogP contribution is 2.32. The average molecular weight is 208 g/mol. The lowest BCUT2D eigenvalue weighted by Gasteiger charge is -1.95. The van der Waals surface area contributed by atoms with Crippen molar-refractivity contribution in [1.82, 2.24) is 0 Å². The third-order valence-corrected chi connectivity index (χ3v) is 3.93. The Kier molecular flexibility index (Phi) is 1.89. The smallest absolute Gasteiger partial charge is 0.135 e. The summed E-state index contributed by atoms with van der Waals surface area (Å²) in [6.45, 7) is 0. The SMILES string of the molecule is Bc1ccc2sc3ccc(B)cc3c2c1. The van der Waals surface area contributed by atoms with Gasteiger partial charge >= 0.3 is 0 Å². The van der Waals surface area contributed by atoms with E-state index in [0.717, 1.165) is 0 Å². The topological polar surface area (TPSA) is 0 Å². The highest BCUT2D eigenvalue weighted by molar-refractivity contribution is 7.25. The normalized spacial score (nSPS) is 11.2. The largest absolute Gasteiger partial charge is 0.139 e. The second-order valence-corrected chi connectivity index (χ2v) is 5.19. The molecule has 0 amide bonds. The summed E-state index contributed by atoms with van der Waals surface area (Å²) in [5, 5.41) is 2.80. The van der Waals surface area contributed by atoms with E-state index in [1.807, 2.05) is 11.3 Å². The third-order valence-electron chi connectivity index (χ3n) is 2.78. The second kappa shape index (κ2) is 3.14. The van der Waals surface area contributed by atoms with E-state index in [-0.39, 0.29) is 0 Å². The lowest BCUT2D eigenvalue weighted by molar-refractivity contribution is 1.93. The molecule has 1 aromatic heterocycles.